The van der Waals surface area contributed by atoms with Crippen molar-refractivity contribution in [1.29, 1.82) is 0 Å². The molecule has 0 amide bonds. The molecule has 0 spiro atoms. The first kappa shape index (κ1) is 20.2. The molecular formula is C17H20F3N3O2S2. The maximum atomic E-state index is 12.7. The third kappa shape index (κ3) is 4.03. The molecule has 0 unspecified atom stereocenters. The minimum Gasteiger partial charge on any atom is -0.241 e. The van der Waals surface area contributed by atoms with Gasteiger partial charge in [-0.15, -0.1) is 11.3 Å². The molecule has 0 saturated carbocycles. The van der Waals surface area contributed by atoms with Crippen LogP contribution in [0.1, 0.15) is 30.0 Å². The fourth-order valence-electron chi connectivity index (χ4n) is 3.01. The van der Waals surface area contributed by atoms with Crippen LogP contribution in [0, 0.1) is 0 Å². The molecule has 1 aromatic carbocycles. The van der Waals surface area contributed by atoms with E-state index in [1.54, 1.807) is 13.8 Å². The summed E-state index contributed by atoms with van der Waals surface area (Å²) in [6.45, 7) is 5.00. The lowest BCUT2D eigenvalue weighted by molar-refractivity contribution is -0.137. The molecule has 0 atom stereocenters. The van der Waals surface area contributed by atoms with Gasteiger partial charge in [-0.2, -0.15) is 30.2 Å². The minimum atomic E-state index is -4.38. The van der Waals surface area contributed by atoms with E-state index >= 15 is 0 Å². The minimum absolute atomic E-state index is 0.243. The fraction of sp³-hybridized carbons (Fsp3) is 0.471. The van der Waals surface area contributed by atoms with Crippen LogP contribution in [-0.4, -0.2) is 41.6 Å². The highest BCUT2D eigenvalue weighted by Gasteiger charge is 2.33. The molecule has 0 fully saturated rings. The maximum Gasteiger partial charge on any atom is 0.416 e. The third-order valence-electron chi connectivity index (χ3n) is 4.51. The highest BCUT2D eigenvalue weighted by atomic mass is 32.2. The lowest BCUT2D eigenvalue weighted by Gasteiger charge is -2.30. The second-order valence-corrected chi connectivity index (χ2v) is 9.15. The molecule has 148 valence electrons. The van der Waals surface area contributed by atoms with Crippen molar-refractivity contribution >= 4 is 21.5 Å². The van der Waals surface area contributed by atoms with E-state index in [1.165, 1.54) is 32.1 Å². The van der Waals surface area contributed by atoms with E-state index in [1.807, 2.05) is 0 Å². The van der Waals surface area contributed by atoms with Crippen LogP contribution in [0.2, 0.25) is 0 Å². The zero-order valence-electron chi connectivity index (χ0n) is 15.0. The molecule has 10 heteroatoms. The van der Waals surface area contributed by atoms with Crippen LogP contribution in [0.3, 0.4) is 0 Å². The molecule has 1 aromatic heterocycles. The van der Waals surface area contributed by atoms with Gasteiger partial charge in [0.05, 0.1) is 17.8 Å². The number of thiazole rings is 1. The number of fused-ring (bicyclic) bond motifs is 1. The van der Waals surface area contributed by atoms with Crippen molar-refractivity contribution in [3.05, 3.63) is 40.4 Å². The molecule has 0 saturated heterocycles. The first-order valence-electron chi connectivity index (χ1n) is 8.58. The molecule has 2 heterocycles. The van der Waals surface area contributed by atoms with E-state index in [0.717, 1.165) is 22.7 Å². The lowest BCUT2D eigenvalue weighted by Crippen LogP contribution is -2.45. The van der Waals surface area contributed by atoms with Gasteiger partial charge in [-0.3, -0.25) is 0 Å². The Morgan fingerprint density at radius 3 is 2.37 bits per heavy atom. The molecule has 0 radical (unpaired) electrons. The summed E-state index contributed by atoms with van der Waals surface area (Å²) in [5.41, 5.74) is 0.713. The van der Waals surface area contributed by atoms with Gasteiger partial charge in [0.1, 0.15) is 5.01 Å². The number of hydrogen-bond acceptors (Lipinski definition) is 4. The van der Waals surface area contributed by atoms with Crippen LogP contribution >= 0.6 is 11.3 Å². The molecule has 0 N–H and O–H groups in total. The summed E-state index contributed by atoms with van der Waals surface area (Å²) in [6.07, 6.45) is -3.88. The summed E-state index contributed by atoms with van der Waals surface area (Å²) in [5.74, 6) is 0. The van der Waals surface area contributed by atoms with Crippen LogP contribution in [-0.2, 0) is 29.4 Å². The molecular weight excluding hydrogens is 399 g/mol. The average molecular weight is 419 g/mol. The van der Waals surface area contributed by atoms with Gasteiger partial charge < -0.3 is 0 Å². The van der Waals surface area contributed by atoms with Crippen LogP contribution < -0.4 is 0 Å². The van der Waals surface area contributed by atoms with E-state index in [-0.39, 0.29) is 6.54 Å². The van der Waals surface area contributed by atoms with Crippen LogP contribution in [0.15, 0.2) is 24.3 Å². The van der Waals surface area contributed by atoms with Gasteiger partial charge >= 0.3 is 6.18 Å². The molecule has 1 aliphatic heterocycles. The Labute approximate surface area is 160 Å². The molecule has 27 heavy (non-hydrogen) atoms. The molecule has 5 nitrogen and oxygen atoms in total. The van der Waals surface area contributed by atoms with E-state index in [4.69, 9.17) is 0 Å². The van der Waals surface area contributed by atoms with Crippen LogP contribution in [0.5, 0.6) is 0 Å². The standard InChI is InChI=1S/C17H20F3N3O2S2/c1-3-22(4-2)27(24,25)23-10-9-14-15(11-23)26-16(21-14)12-5-7-13(8-6-12)17(18,19)20/h5-8H,3-4,9-11H2,1-2H3. The zero-order valence-corrected chi connectivity index (χ0v) is 16.6. The van der Waals surface area contributed by atoms with Crippen LogP contribution in [0.25, 0.3) is 10.6 Å². The van der Waals surface area contributed by atoms with E-state index in [9.17, 15) is 21.6 Å². The predicted molar refractivity (Wildman–Crippen MR) is 98.5 cm³/mol. The second kappa shape index (κ2) is 7.50. The topological polar surface area (TPSA) is 53.5 Å². The second-order valence-electron chi connectivity index (χ2n) is 6.14. The normalized spacial score (nSPS) is 15.9. The average Bonchev–Trinajstić information content (AvgIpc) is 3.05. The molecule has 1 aliphatic rings. The SMILES string of the molecule is CCN(CC)S(=O)(=O)N1CCc2nc(-c3ccc(C(F)(F)F)cc3)sc2C1. The van der Waals surface area contributed by atoms with Gasteiger partial charge in [0.15, 0.2) is 0 Å². The zero-order chi connectivity index (χ0) is 19.8. The van der Waals surface area contributed by atoms with Crippen molar-refractivity contribution in [1.82, 2.24) is 13.6 Å². The Hall–Kier alpha value is -1.49. The van der Waals surface area contributed by atoms with E-state index in [0.29, 0.717) is 36.6 Å². The molecule has 0 bridgehead atoms. The summed E-state index contributed by atoms with van der Waals surface area (Å²) in [4.78, 5) is 5.36. The van der Waals surface area contributed by atoms with Gasteiger partial charge in [-0.1, -0.05) is 26.0 Å². The Balaban J connectivity index is 1.83. The third-order valence-corrected chi connectivity index (χ3v) is 7.78. The van der Waals surface area contributed by atoms with Gasteiger partial charge in [0.2, 0.25) is 0 Å². The number of nitrogens with zero attached hydrogens (tertiary/aromatic N) is 3. The fourth-order valence-corrected chi connectivity index (χ4v) is 5.81. The monoisotopic (exact) mass is 419 g/mol. The lowest BCUT2D eigenvalue weighted by atomic mass is 10.1. The molecule has 3 rings (SSSR count). The van der Waals surface area contributed by atoms with Gasteiger partial charge in [-0.25, -0.2) is 4.98 Å². The Morgan fingerprint density at radius 2 is 1.81 bits per heavy atom. The smallest absolute Gasteiger partial charge is 0.241 e. The highest BCUT2D eigenvalue weighted by molar-refractivity contribution is 7.86. The number of benzene rings is 1. The first-order valence-corrected chi connectivity index (χ1v) is 10.8. The van der Waals surface area contributed by atoms with E-state index in [2.05, 4.69) is 4.98 Å². The summed E-state index contributed by atoms with van der Waals surface area (Å²) in [7, 11) is -3.52. The largest absolute Gasteiger partial charge is 0.416 e. The molecule has 2 aromatic rings. The van der Waals surface area contributed by atoms with Crippen molar-refractivity contribution in [3.63, 3.8) is 0 Å². The van der Waals surface area contributed by atoms with Crippen LogP contribution in [0.4, 0.5) is 13.2 Å². The summed E-state index contributed by atoms with van der Waals surface area (Å²) in [5, 5.41) is 0.607. The van der Waals surface area contributed by atoms with Gasteiger partial charge in [0, 0.05) is 36.5 Å². The number of halogens is 3. The molecule has 0 aliphatic carbocycles. The highest BCUT2D eigenvalue weighted by Crippen LogP contribution is 2.35. The van der Waals surface area contributed by atoms with Crippen molar-refractivity contribution in [3.8, 4) is 10.6 Å². The Kier molecular flexibility index (Phi) is 5.62. The Morgan fingerprint density at radius 1 is 1.19 bits per heavy atom. The van der Waals surface area contributed by atoms with Crippen molar-refractivity contribution in [2.45, 2.75) is 33.0 Å². The quantitative estimate of drug-likeness (QED) is 0.741. The number of aromatic nitrogens is 1. The summed E-state index contributed by atoms with van der Waals surface area (Å²) < 4.78 is 66.4. The Bertz CT molecular complexity index is 904. The predicted octanol–water partition coefficient (Wildman–Crippen LogP) is 3.77. The van der Waals surface area contributed by atoms with Gasteiger partial charge in [-0.05, 0) is 12.1 Å². The number of hydrogen-bond donors (Lipinski definition) is 0. The number of alkyl halides is 3. The van der Waals surface area contributed by atoms with Crippen molar-refractivity contribution < 1.29 is 21.6 Å². The first-order chi connectivity index (χ1) is 12.7. The number of rotatable bonds is 5. The van der Waals surface area contributed by atoms with E-state index < -0.39 is 21.9 Å². The summed E-state index contributed by atoms with van der Waals surface area (Å²) >= 11 is 1.33. The van der Waals surface area contributed by atoms with Crippen molar-refractivity contribution in [2.75, 3.05) is 19.6 Å². The summed E-state index contributed by atoms with van der Waals surface area (Å²) in [6, 6.07) is 4.87. The maximum absolute atomic E-state index is 12.7. The van der Waals surface area contributed by atoms with Gasteiger partial charge in [0.25, 0.3) is 10.2 Å². The van der Waals surface area contributed by atoms with Crippen molar-refractivity contribution in [2.24, 2.45) is 0 Å².